The molecule has 2 aromatic carbocycles. The summed E-state index contributed by atoms with van der Waals surface area (Å²) in [6.07, 6.45) is 0. The van der Waals surface area contributed by atoms with Crippen molar-refractivity contribution in [3.05, 3.63) is 52.7 Å². The Morgan fingerprint density at radius 2 is 1.86 bits per heavy atom. The molecule has 0 spiro atoms. The number of aryl methyl sites for hydroxylation is 1. The van der Waals surface area contributed by atoms with Gasteiger partial charge >= 0.3 is 5.97 Å². The van der Waals surface area contributed by atoms with Crippen molar-refractivity contribution in [2.75, 3.05) is 39.8 Å². The first-order valence-electron chi connectivity index (χ1n) is 9.83. The van der Waals surface area contributed by atoms with Crippen molar-refractivity contribution in [1.82, 2.24) is 19.6 Å². The van der Waals surface area contributed by atoms with E-state index in [-0.39, 0.29) is 5.69 Å². The minimum absolute atomic E-state index is 0.246. The number of benzene rings is 2. The Morgan fingerprint density at radius 1 is 1.10 bits per heavy atom. The molecule has 7 heteroatoms. The van der Waals surface area contributed by atoms with Gasteiger partial charge in [-0.3, -0.25) is 9.58 Å². The molecule has 0 amide bonds. The maximum atomic E-state index is 11.9. The van der Waals surface area contributed by atoms with Crippen molar-refractivity contribution < 1.29 is 9.90 Å². The van der Waals surface area contributed by atoms with Gasteiger partial charge in [0.1, 0.15) is 0 Å². The van der Waals surface area contributed by atoms with Crippen molar-refractivity contribution in [2.24, 2.45) is 0 Å². The van der Waals surface area contributed by atoms with Crippen LogP contribution in [-0.2, 0) is 6.54 Å². The SMILES string of the molecule is Cc1ccc(-c2ccc3c(C(=O)O)n(CCN4CCN(C)CC4)nc3c2)c(Cl)c1. The van der Waals surface area contributed by atoms with E-state index in [1.165, 1.54) is 0 Å². The zero-order valence-corrected chi connectivity index (χ0v) is 17.5. The monoisotopic (exact) mass is 412 g/mol. The lowest BCUT2D eigenvalue weighted by Crippen LogP contribution is -2.45. The standard InChI is InChI=1S/C22H25ClN4O2/c1-15-3-5-17(19(23)13-15)16-4-6-18-20(14-16)24-27(21(18)22(28)29)12-11-26-9-7-25(2)8-10-26/h3-6,13-14H,7-12H2,1-2H3,(H,28,29). The second-order valence-electron chi connectivity index (χ2n) is 7.74. The van der Waals surface area contributed by atoms with E-state index in [1.807, 2.05) is 43.3 Å². The quantitative estimate of drug-likeness (QED) is 0.693. The Kier molecular flexibility index (Phi) is 5.58. The number of hydrogen-bond donors (Lipinski definition) is 1. The van der Waals surface area contributed by atoms with Crippen LogP contribution in [-0.4, -0.2) is 70.4 Å². The molecule has 1 saturated heterocycles. The van der Waals surface area contributed by atoms with Crippen LogP contribution in [0.4, 0.5) is 0 Å². The third kappa shape index (κ3) is 4.15. The summed E-state index contributed by atoms with van der Waals surface area (Å²) < 4.78 is 1.63. The molecule has 0 atom stereocenters. The highest BCUT2D eigenvalue weighted by Crippen LogP contribution is 2.31. The van der Waals surface area contributed by atoms with Crippen molar-refractivity contribution in [1.29, 1.82) is 0 Å². The van der Waals surface area contributed by atoms with Gasteiger partial charge in [0, 0.05) is 48.7 Å². The first-order chi connectivity index (χ1) is 13.9. The molecule has 0 aliphatic carbocycles. The van der Waals surface area contributed by atoms with Crippen LogP contribution in [0.25, 0.3) is 22.0 Å². The molecule has 29 heavy (non-hydrogen) atoms. The third-order valence-electron chi connectivity index (χ3n) is 5.60. The number of likely N-dealkylation sites (N-methyl/N-ethyl adjacent to an activating group) is 1. The van der Waals surface area contributed by atoms with Gasteiger partial charge in [0.2, 0.25) is 0 Å². The number of aromatic nitrogens is 2. The fourth-order valence-corrected chi connectivity index (χ4v) is 4.19. The number of carboxylic acid groups (broad SMARTS) is 1. The van der Waals surface area contributed by atoms with Gasteiger partial charge in [-0.15, -0.1) is 0 Å². The summed E-state index contributed by atoms with van der Waals surface area (Å²) in [6, 6.07) is 11.6. The normalized spacial score (nSPS) is 15.8. The Balaban J connectivity index is 1.64. The summed E-state index contributed by atoms with van der Waals surface area (Å²) in [5.74, 6) is -0.952. The maximum Gasteiger partial charge on any atom is 0.354 e. The summed E-state index contributed by atoms with van der Waals surface area (Å²) in [5, 5.41) is 15.7. The van der Waals surface area contributed by atoms with Gasteiger partial charge in [0.25, 0.3) is 0 Å². The van der Waals surface area contributed by atoms with Crippen LogP contribution in [0, 0.1) is 6.92 Å². The van der Waals surface area contributed by atoms with Crippen LogP contribution < -0.4 is 0 Å². The van der Waals surface area contributed by atoms with Crippen LogP contribution in [0.2, 0.25) is 5.02 Å². The number of aromatic carboxylic acids is 1. The van der Waals surface area contributed by atoms with Gasteiger partial charge in [-0.1, -0.05) is 29.8 Å². The van der Waals surface area contributed by atoms with E-state index in [9.17, 15) is 9.90 Å². The number of nitrogens with zero attached hydrogens (tertiary/aromatic N) is 4. The molecular formula is C22H25ClN4O2. The van der Waals surface area contributed by atoms with Crippen LogP contribution in [0.15, 0.2) is 36.4 Å². The van der Waals surface area contributed by atoms with E-state index < -0.39 is 5.97 Å². The zero-order valence-electron chi connectivity index (χ0n) is 16.7. The first-order valence-corrected chi connectivity index (χ1v) is 10.2. The van der Waals surface area contributed by atoms with Gasteiger partial charge in [-0.05, 0) is 43.3 Å². The molecule has 2 heterocycles. The largest absolute Gasteiger partial charge is 0.477 e. The molecule has 4 rings (SSSR count). The fourth-order valence-electron chi connectivity index (χ4n) is 3.85. The summed E-state index contributed by atoms with van der Waals surface area (Å²) in [7, 11) is 2.12. The van der Waals surface area contributed by atoms with Crippen molar-refractivity contribution in [3.8, 4) is 11.1 Å². The van der Waals surface area contributed by atoms with Gasteiger partial charge in [-0.2, -0.15) is 5.10 Å². The number of rotatable bonds is 5. The molecule has 0 unspecified atom stereocenters. The average Bonchev–Trinajstić information content (AvgIpc) is 3.05. The van der Waals surface area contributed by atoms with Gasteiger partial charge in [0.15, 0.2) is 5.69 Å². The van der Waals surface area contributed by atoms with Gasteiger partial charge < -0.3 is 10.0 Å². The molecule has 152 valence electrons. The maximum absolute atomic E-state index is 11.9. The summed E-state index contributed by atoms with van der Waals surface area (Å²) >= 11 is 6.42. The molecule has 1 aromatic heterocycles. The lowest BCUT2D eigenvalue weighted by Gasteiger charge is -2.32. The number of hydrogen-bond acceptors (Lipinski definition) is 4. The molecule has 1 fully saturated rings. The molecule has 0 saturated carbocycles. The summed E-state index contributed by atoms with van der Waals surface area (Å²) in [5.41, 5.74) is 3.87. The van der Waals surface area contributed by atoms with Crippen molar-refractivity contribution in [2.45, 2.75) is 13.5 Å². The molecule has 0 bridgehead atoms. The number of carboxylic acids is 1. The van der Waals surface area contributed by atoms with Crippen LogP contribution in [0.3, 0.4) is 0 Å². The van der Waals surface area contributed by atoms with E-state index in [2.05, 4.69) is 21.9 Å². The Labute approximate surface area is 175 Å². The Hall–Kier alpha value is -2.41. The first kappa shape index (κ1) is 19.9. The second kappa shape index (κ2) is 8.14. The van der Waals surface area contributed by atoms with Crippen molar-refractivity contribution in [3.63, 3.8) is 0 Å². The van der Waals surface area contributed by atoms with Gasteiger partial charge in [-0.25, -0.2) is 4.79 Å². The van der Waals surface area contributed by atoms with E-state index in [0.717, 1.165) is 49.4 Å². The van der Waals surface area contributed by atoms with Crippen LogP contribution >= 0.6 is 11.6 Å². The number of piperazine rings is 1. The fraction of sp³-hybridized carbons (Fsp3) is 0.364. The van der Waals surface area contributed by atoms with Crippen molar-refractivity contribution >= 4 is 28.5 Å². The minimum atomic E-state index is -0.952. The summed E-state index contributed by atoms with van der Waals surface area (Å²) in [6.45, 7) is 7.41. The number of carbonyl (C=O) groups is 1. The van der Waals surface area contributed by atoms with Gasteiger partial charge in [0.05, 0.1) is 12.1 Å². The molecule has 3 aromatic rings. The molecule has 0 radical (unpaired) electrons. The Bertz CT molecular complexity index is 1050. The lowest BCUT2D eigenvalue weighted by molar-refractivity contribution is 0.0683. The highest BCUT2D eigenvalue weighted by Gasteiger charge is 2.20. The lowest BCUT2D eigenvalue weighted by atomic mass is 10.0. The highest BCUT2D eigenvalue weighted by molar-refractivity contribution is 6.33. The minimum Gasteiger partial charge on any atom is -0.477 e. The summed E-state index contributed by atoms with van der Waals surface area (Å²) in [4.78, 5) is 16.6. The van der Waals surface area contributed by atoms with E-state index in [4.69, 9.17) is 11.6 Å². The predicted molar refractivity (Wildman–Crippen MR) is 116 cm³/mol. The number of halogens is 1. The van der Waals surface area contributed by atoms with Crippen LogP contribution in [0.5, 0.6) is 0 Å². The molecule has 1 aliphatic heterocycles. The number of fused-ring (bicyclic) bond motifs is 1. The molecular weight excluding hydrogens is 388 g/mol. The topological polar surface area (TPSA) is 61.6 Å². The van der Waals surface area contributed by atoms with E-state index in [0.29, 0.717) is 22.5 Å². The second-order valence-corrected chi connectivity index (χ2v) is 8.14. The Morgan fingerprint density at radius 3 is 2.55 bits per heavy atom. The average molecular weight is 413 g/mol. The van der Waals surface area contributed by atoms with E-state index in [1.54, 1.807) is 4.68 Å². The third-order valence-corrected chi connectivity index (χ3v) is 5.91. The molecule has 1 aliphatic rings. The van der Waals surface area contributed by atoms with Crippen LogP contribution in [0.1, 0.15) is 16.1 Å². The predicted octanol–water partition coefficient (Wildman–Crippen LogP) is 3.61. The smallest absolute Gasteiger partial charge is 0.354 e. The van der Waals surface area contributed by atoms with E-state index >= 15 is 0 Å². The zero-order chi connectivity index (χ0) is 20.5. The molecule has 6 nitrogen and oxygen atoms in total. The highest BCUT2D eigenvalue weighted by atomic mass is 35.5. The molecule has 1 N–H and O–H groups in total.